The molecule has 0 fully saturated rings. The van der Waals surface area contributed by atoms with E-state index in [2.05, 4.69) is 0 Å². The monoisotopic (exact) mass is 320 g/mol. The zero-order valence-electron chi connectivity index (χ0n) is 12.2. The molecule has 0 aliphatic heterocycles. The maximum atomic E-state index is 11.4. The van der Waals surface area contributed by atoms with Crippen molar-refractivity contribution in [2.24, 2.45) is 11.8 Å². The Morgan fingerprint density at radius 1 is 1.00 bits per heavy atom. The van der Waals surface area contributed by atoms with E-state index in [0.29, 0.717) is 36.5 Å². The SMILES string of the molecule is CC(C)COc1ccc(S(=O)(=O)Cl)cc1OCC(C)C. The van der Waals surface area contributed by atoms with Crippen LogP contribution in [0.3, 0.4) is 0 Å². The van der Waals surface area contributed by atoms with Gasteiger partial charge in [-0.3, -0.25) is 0 Å². The van der Waals surface area contributed by atoms with Gasteiger partial charge in [0.1, 0.15) is 0 Å². The Bertz CT molecular complexity index is 538. The highest BCUT2D eigenvalue weighted by Crippen LogP contribution is 2.32. The molecule has 0 saturated carbocycles. The first kappa shape index (κ1) is 17.1. The Balaban J connectivity index is 3.03. The molecule has 4 nitrogen and oxygen atoms in total. The summed E-state index contributed by atoms with van der Waals surface area (Å²) >= 11 is 0. The molecule has 1 rings (SSSR count). The lowest BCUT2D eigenvalue weighted by molar-refractivity contribution is 0.228. The Morgan fingerprint density at radius 2 is 1.50 bits per heavy atom. The number of benzene rings is 1. The van der Waals surface area contributed by atoms with E-state index in [1.165, 1.54) is 12.1 Å². The minimum absolute atomic E-state index is 0.00909. The summed E-state index contributed by atoms with van der Waals surface area (Å²) in [6, 6.07) is 4.40. The summed E-state index contributed by atoms with van der Waals surface area (Å²) < 4.78 is 34.0. The molecule has 1 aromatic rings. The van der Waals surface area contributed by atoms with Crippen LogP contribution in [-0.2, 0) is 9.05 Å². The quantitative estimate of drug-likeness (QED) is 0.719. The van der Waals surface area contributed by atoms with E-state index in [0.717, 1.165) is 0 Å². The third-order valence-electron chi connectivity index (χ3n) is 2.34. The Labute approximate surface area is 125 Å². The fourth-order valence-electron chi connectivity index (χ4n) is 1.38. The molecular formula is C14H21ClO4S. The van der Waals surface area contributed by atoms with Crippen molar-refractivity contribution in [3.63, 3.8) is 0 Å². The second-order valence-electron chi connectivity index (χ2n) is 5.46. The lowest BCUT2D eigenvalue weighted by Gasteiger charge is -2.15. The number of hydrogen-bond donors (Lipinski definition) is 0. The summed E-state index contributed by atoms with van der Waals surface area (Å²) in [7, 11) is 1.57. The van der Waals surface area contributed by atoms with Gasteiger partial charge in [-0.2, -0.15) is 0 Å². The summed E-state index contributed by atoms with van der Waals surface area (Å²) in [5.74, 6) is 1.62. The van der Waals surface area contributed by atoms with Crippen molar-refractivity contribution in [1.82, 2.24) is 0 Å². The van der Waals surface area contributed by atoms with Gasteiger partial charge < -0.3 is 9.47 Å². The van der Waals surface area contributed by atoms with Crippen molar-refractivity contribution in [2.45, 2.75) is 32.6 Å². The van der Waals surface area contributed by atoms with Crippen molar-refractivity contribution in [2.75, 3.05) is 13.2 Å². The Morgan fingerprint density at radius 3 is 1.95 bits per heavy atom. The number of halogens is 1. The largest absolute Gasteiger partial charge is 0.489 e. The van der Waals surface area contributed by atoms with Gasteiger partial charge in [0.05, 0.1) is 18.1 Å². The Hall–Kier alpha value is -0.940. The maximum absolute atomic E-state index is 11.4. The maximum Gasteiger partial charge on any atom is 0.261 e. The average Bonchev–Trinajstić information content (AvgIpc) is 2.32. The normalized spacial score (nSPS) is 11.9. The standard InChI is InChI=1S/C14H21ClO4S/c1-10(2)8-18-13-6-5-12(20(15,16)17)7-14(13)19-9-11(3)4/h5-7,10-11H,8-9H2,1-4H3. The zero-order chi connectivity index (χ0) is 15.3. The van der Waals surface area contributed by atoms with Crippen LogP contribution in [0.15, 0.2) is 23.1 Å². The van der Waals surface area contributed by atoms with E-state index < -0.39 is 9.05 Å². The number of ether oxygens (including phenoxy) is 2. The van der Waals surface area contributed by atoms with E-state index in [-0.39, 0.29) is 4.90 Å². The fraction of sp³-hybridized carbons (Fsp3) is 0.571. The smallest absolute Gasteiger partial charge is 0.261 e. The molecule has 6 heteroatoms. The molecule has 0 spiro atoms. The molecule has 0 amide bonds. The van der Waals surface area contributed by atoms with Crippen molar-refractivity contribution < 1.29 is 17.9 Å². The van der Waals surface area contributed by atoms with E-state index in [9.17, 15) is 8.42 Å². The molecule has 0 heterocycles. The molecule has 0 atom stereocenters. The molecule has 0 unspecified atom stereocenters. The van der Waals surface area contributed by atoms with Gasteiger partial charge >= 0.3 is 0 Å². The predicted molar refractivity (Wildman–Crippen MR) is 80.1 cm³/mol. The molecular weight excluding hydrogens is 300 g/mol. The first-order chi connectivity index (χ1) is 9.20. The number of hydrogen-bond acceptors (Lipinski definition) is 4. The average molecular weight is 321 g/mol. The van der Waals surface area contributed by atoms with Gasteiger partial charge in [-0.1, -0.05) is 27.7 Å². The predicted octanol–water partition coefficient (Wildman–Crippen LogP) is 3.68. The summed E-state index contributed by atoms with van der Waals surface area (Å²) in [5, 5.41) is 0. The molecule has 0 N–H and O–H groups in total. The van der Waals surface area contributed by atoms with Crippen molar-refractivity contribution >= 4 is 19.7 Å². The van der Waals surface area contributed by atoms with E-state index in [1.807, 2.05) is 27.7 Å². The van der Waals surface area contributed by atoms with Crippen LogP contribution >= 0.6 is 10.7 Å². The van der Waals surface area contributed by atoms with Crippen LogP contribution in [0, 0.1) is 11.8 Å². The van der Waals surface area contributed by atoms with Gasteiger partial charge in [0.2, 0.25) is 0 Å². The lowest BCUT2D eigenvalue weighted by Crippen LogP contribution is -2.09. The van der Waals surface area contributed by atoms with Gasteiger partial charge in [0, 0.05) is 16.7 Å². The minimum atomic E-state index is -3.78. The van der Waals surface area contributed by atoms with E-state index >= 15 is 0 Å². The van der Waals surface area contributed by atoms with Crippen LogP contribution in [0.2, 0.25) is 0 Å². The first-order valence-corrected chi connectivity index (χ1v) is 8.85. The third-order valence-corrected chi connectivity index (χ3v) is 3.69. The molecule has 20 heavy (non-hydrogen) atoms. The highest BCUT2D eigenvalue weighted by Gasteiger charge is 2.15. The number of rotatable bonds is 7. The van der Waals surface area contributed by atoms with Gasteiger partial charge in [0.15, 0.2) is 11.5 Å². The molecule has 1 aromatic carbocycles. The Kier molecular flexibility index (Phi) is 6.14. The van der Waals surface area contributed by atoms with Crippen LogP contribution < -0.4 is 9.47 Å². The first-order valence-electron chi connectivity index (χ1n) is 6.54. The van der Waals surface area contributed by atoms with Crippen LogP contribution in [0.5, 0.6) is 11.5 Å². The fourth-order valence-corrected chi connectivity index (χ4v) is 2.15. The minimum Gasteiger partial charge on any atom is -0.489 e. The summed E-state index contributed by atoms with van der Waals surface area (Å²) in [4.78, 5) is 0.00909. The molecule has 0 aliphatic carbocycles. The van der Waals surface area contributed by atoms with Crippen LogP contribution in [0.4, 0.5) is 0 Å². The topological polar surface area (TPSA) is 52.6 Å². The van der Waals surface area contributed by atoms with Gasteiger partial charge in [-0.25, -0.2) is 8.42 Å². The molecule has 0 saturated heterocycles. The third kappa shape index (κ3) is 5.59. The molecule has 0 bridgehead atoms. The van der Waals surface area contributed by atoms with E-state index in [1.54, 1.807) is 6.07 Å². The van der Waals surface area contributed by atoms with Crippen molar-refractivity contribution in [3.05, 3.63) is 18.2 Å². The van der Waals surface area contributed by atoms with Crippen LogP contribution in [0.25, 0.3) is 0 Å². The van der Waals surface area contributed by atoms with Crippen LogP contribution in [0.1, 0.15) is 27.7 Å². The molecule has 0 aromatic heterocycles. The van der Waals surface area contributed by atoms with Gasteiger partial charge in [0.25, 0.3) is 9.05 Å². The van der Waals surface area contributed by atoms with Crippen molar-refractivity contribution in [3.8, 4) is 11.5 Å². The second kappa shape index (κ2) is 7.18. The molecule has 114 valence electrons. The summed E-state index contributed by atoms with van der Waals surface area (Å²) in [6.07, 6.45) is 0. The van der Waals surface area contributed by atoms with Crippen LogP contribution in [-0.4, -0.2) is 21.6 Å². The summed E-state index contributed by atoms with van der Waals surface area (Å²) in [6.45, 7) is 9.10. The highest BCUT2D eigenvalue weighted by atomic mass is 35.7. The van der Waals surface area contributed by atoms with E-state index in [4.69, 9.17) is 20.2 Å². The lowest BCUT2D eigenvalue weighted by atomic mass is 10.2. The molecule has 0 radical (unpaired) electrons. The second-order valence-corrected chi connectivity index (χ2v) is 8.02. The zero-order valence-corrected chi connectivity index (χ0v) is 13.8. The van der Waals surface area contributed by atoms with Gasteiger partial charge in [-0.05, 0) is 24.0 Å². The summed E-state index contributed by atoms with van der Waals surface area (Å²) in [5.41, 5.74) is 0. The molecule has 0 aliphatic rings. The highest BCUT2D eigenvalue weighted by molar-refractivity contribution is 8.13. The van der Waals surface area contributed by atoms with Crippen molar-refractivity contribution in [1.29, 1.82) is 0 Å². The van der Waals surface area contributed by atoms with Gasteiger partial charge in [-0.15, -0.1) is 0 Å².